The molecular weight excluding hydrogens is 456 g/mol. The van der Waals surface area contributed by atoms with Crippen molar-refractivity contribution in [2.45, 2.75) is 24.4 Å². The van der Waals surface area contributed by atoms with Gasteiger partial charge in [0, 0.05) is 29.1 Å². The third-order valence-electron chi connectivity index (χ3n) is 6.03. The van der Waals surface area contributed by atoms with Crippen LogP contribution in [0.3, 0.4) is 0 Å². The van der Waals surface area contributed by atoms with Crippen molar-refractivity contribution in [2.75, 3.05) is 7.11 Å². The SMILES string of the molecule is COc1ccc(Cl)cc1S(=O)(=O)N1Cc2ccccc2-n2cccc2[C@@H]1c1ccc(C)cc1. The van der Waals surface area contributed by atoms with Gasteiger partial charge in [0.05, 0.1) is 13.2 Å². The smallest absolute Gasteiger partial charge is 0.248 e. The number of hydrogen-bond acceptors (Lipinski definition) is 3. The van der Waals surface area contributed by atoms with E-state index < -0.39 is 16.1 Å². The van der Waals surface area contributed by atoms with Crippen molar-refractivity contribution in [3.8, 4) is 11.4 Å². The number of halogens is 1. The number of aromatic nitrogens is 1. The summed E-state index contributed by atoms with van der Waals surface area (Å²) in [6.07, 6.45) is 1.98. The second kappa shape index (κ2) is 8.37. The fourth-order valence-electron chi connectivity index (χ4n) is 4.41. The molecule has 0 unspecified atom stereocenters. The average molecular weight is 479 g/mol. The van der Waals surface area contributed by atoms with Crippen molar-refractivity contribution < 1.29 is 13.2 Å². The van der Waals surface area contributed by atoms with Crippen LogP contribution < -0.4 is 4.74 Å². The zero-order chi connectivity index (χ0) is 23.2. The minimum atomic E-state index is -4.01. The van der Waals surface area contributed by atoms with E-state index in [1.807, 2.05) is 73.8 Å². The lowest BCUT2D eigenvalue weighted by Crippen LogP contribution is -2.35. The molecule has 3 aromatic carbocycles. The first-order valence-electron chi connectivity index (χ1n) is 10.6. The molecule has 0 spiro atoms. The molecule has 1 atom stereocenters. The van der Waals surface area contributed by atoms with Crippen LogP contribution in [0.1, 0.15) is 28.4 Å². The molecule has 7 heteroatoms. The molecular formula is C26H23ClN2O3S. The highest BCUT2D eigenvalue weighted by Crippen LogP contribution is 2.41. The first-order chi connectivity index (χ1) is 15.9. The molecule has 1 aliphatic rings. The van der Waals surface area contributed by atoms with Gasteiger partial charge < -0.3 is 9.30 Å². The Morgan fingerprint density at radius 3 is 2.48 bits per heavy atom. The Balaban J connectivity index is 1.79. The largest absolute Gasteiger partial charge is 0.495 e. The molecule has 0 bridgehead atoms. The number of aryl methyl sites for hydroxylation is 1. The summed E-state index contributed by atoms with van der Waals surface area (Å²) in [7, 11) is -2.55. The van der Waals surface area contributed by atoms with E-state index in [2.05, 4.69) is 4.57 Å². The van der Waals surface area contributed by atoms with Gasteiger partial charge in [-0.3, -0.25) is 0 Å². The van der Waals surface area contributed by atoms with E-state index >= 15 is 0 Å². The molecule has 2 heterocycles. The van der Waals surface area contributed by atoms with Crippen LogP contribution in [-0.4, -0.2) is 24.4 Å². The highest BCUT2D eigenvalue weighted by Gasteiger charge is 2.39. The van der Waals surface area contributed by atoms with Crippen LogP contribution in [0.5, 0.6) is 5.75 Å². The van der Waals surface area contributed by atoms with Crippen molar-refractivity contribution in [1.29, 1.82) is 0 Å². The number of methoxy groups -OCH3 is 1. The van der Waals surface area contributed by atoms with Gasteiger partial charge in [-0.15, -0.1) is 0 Å². The third-order valence-corrected chi connectivity index (χ3v) is 8.10. The van der Waals surface area contributed by atoms with E-state index in [1.54, 1.807) is 16.4 Å². The van der Waals surface area contributed by atoms with E-state index in [-0.39, 0.29) is 17.2 Å². The molecule has 0 N–H and O–H groups in total. The standard InChI is InChI=1S/C26H23ClN2O3S/c1-18-9-11-19(12-10-18)26-23-8-5-15-28(23)22-7-4-3-6-20(22)17-29(26)33(30,31)25-16-21(27)13-14-24(25)32-2/h3-16,26H,17H2,1-2H3/t26-/m0/s1. The van der Waals surface area contributed by atoms with Crippen molar-refractivity contribution in [3.05, 3.63) is 112 Å². The molecule has 33 heavy (non-hydrogen) atoms. The molecule has 0 saturated carbocycles. The molecule has 1 aliphatic heterocycles. The van der Waals surface area contributed by atoms with Crippen molar-refractivity contribution >= 4 is 21.6 Å². The summed E-state index contributed by atoms with van der Waals surface area (Å²) in [4.78, 5) is 0.0482. The highest BCUT2D eigenvalue weighted by molar-refractivity contribution is 7.89. The van der Waals surface area contributed by atoms with Gasteiger partial charge in [-0.2, -0.15) is 4.31 Å². The number of benzene rings is 3. The zero-order valence-electron chi connectivity index (χ0n) is 18.3. The van der Waals surface area contributed by atoms with Crippen molar-refractivity contribution in [2.24, 2.45) is 0 Å². The Labute approximate surface area is 198 Å². The van der Waals surface area contributed by atoms with Gasteiger partial charge in [0.2, 0.25) is 10.0 Å². The van der Waals surface area contributed by atoms with Crippen LogP contribution in [-0.2, 0) is 16.6 Å². The summed E-state index contributed by atoms with van der Waals surface area (Å²) in [6.45, 7) is 2.22. The van der Waals surface area contributed by atoms with Gasteiger partial charge in [0.15, 0.2) is 0 Å². The first kappa shape index (κ1) is 21.8. The maximum Gasteiger partial charge on any atom is 0.248 e. The average Bonchev–Trinajstić information content (AvgIpc) is 3.24. The van der Waals surface area contributed by atoms with Gasteiger partial charge in [-0.25, -0.2) is 8.42 Å². The minimum Gasteiger partial charge on any atom is -0.495 e. The Morgan fingerprint density at radius 2 is 1.73 bits per heavy atom. The Kier molecular flexibility index (Phi) is 5.52. The van der Waals surface area contributed by atoms with Gasteiger partial charge in [-0.05, 0) is 54.4 Å². The predicted molar refractivity (Wildman–Crippen MR) is 130 cm³/mol. The lowest BCUT2D eigenvalue weighted by atomic mass is 10.0. The Morgan fingerprint density at radius 1 is 0.970 bits per heavy atom. The second-order valence-corrected chi connectivity index (χ2v) is 10.4. The van der Waals surface area contributed by atoms with Gasteiger partial charge in [0.25, 0.3) is 0 Å². The molecule has 4 aromatic rings. The van der Waals surface area contributed by atoms with Crippen LogP contribution >= 0.6 is 11.6 Å². The van der Waals surface area contributed by atoms with E-state index in [9.17, 15) is 8.42 Å². The summed E-state index contributed by atoms with van der Waals surface area (Å²) in [5.74, 6) is 0.259. The highest BCUT2D eigenvalue weighted by atomic mass is 35.5. The molecule has 1 aromatic heterocycles. The third kappa shape index (κ3) is 3.74. The summed E-state index contributed by atoms with van der Waals surface area (Å²) in [5, 5.41) is 0.333. The molecule has 5 nitrogen and oxygen atoms in total. The lowest BCUT2D eigenvalue weighted by Gasteiger charge is -2.30. The number of sulfonamides is 1. The first-order valence-corrected chi connectivity index (χ1v) is 12.4. The van der Waals surface area contributed by atoms with E-state index in [1.165, 1.54) is 13.2 Å². The summed E-state index contributed by atoms with van der Waals surface area (Å²) in [5.41, 5.74) is 4.74. The topological polar surface area (TPSA) is 51.5 Å². The van der Waals surface area contributed by atoms with Crippen molar-refractivity contribution in [3.63, 3.8) is 0 Å². The predicted octanol–water partition coefficient (Wildman–Crippen LogP) is 5.74. The molecule has 5 rings (SSSR count). The van der Waals surface area contributed by atoms with Crippen LogP contribution in [0.2, 0.25) is 5.02 Å². The quantitative estimate of drug-likeness (QED) is 0.375. The number of para-hydroxylation sites is 1. The zero-order valence-corrected chi connectivity index (χ0v) is 19.8. The normalized spacial score (nSPS) is 16.0. The number of rotatable bonds is 4. The van der Waals surface area contributed by atoms with Gasteiger partial charge in [-0.1, -0.05) is 59.6 Å². The number of nitrogens with zero attached hydrogens (tertiary/aromatic N) is 2. The lowest BCUT2D eigenvalue weighted by molar-refractivity contribution is 0.348. The summed E-state index contributed by atoms with van der Waals surface area (Å²) < 4.78 is 37.5. The molecule has 0 aliphatic carbocycles. The number of hydrogen-bond donors (Lipinski definition) is 0. The fraction of sp³-hybridized carbons (Fsp3) is 0.154. The minimum absolute atomic E-state index is 0.0482. The van der Waals surface area contributed by atoms with Crippen LogP contribution in [0.15, 0.2) is 90.0 Å². The van der Waals surface area contributed by atoms with Crippen LogP contribution in [0.25, 0.3) is 5.69 Å². The number of fused-ring (bicyclic) bond motifs is 3. The fourth-order valence-corrected chi connectivity index (χ4v) is 6.40. The maximum absolute atomic E-state index is 14.2. The van der Waals surface area contributed by atoms with Gasteiger partial charge in [0.1, 0.15) is 10.6 Å². The van der Waals surface area contributed by atoms with E-state index in [0.29, 0.717) is 5.02 Å². The van der Waals surface area contributed by atoms with Crippen LogP contribution in [0.4, 0.5) is 0 Å². The number of ether oxygens (including phenoxy) is 1. The molecule has 168 valence electrons. The molecule has 0 radical (unpaired) electrons. The van der Waals surface area contributed by atoms with E-state index in [4.69, 9.17) is 16.3 Å². The second-order valence-electron chi connectivity index (χ2n) is 8.09. The van der Waals surface area contributed by atoms with Gasteiger partial charge >= 0.3 is 0 Å². The monoisotopic (exact) mass is 478 g/mol. The summed E-state index contributed by atoms with van der Waals surface area (Å²) >= 11 is 6.22. The summed E-state index contributed by atoms with van der Waals surface area (Å²) in [6, 6.07) is 23.9. The molecule has 0 saturated heterocycles. The molecule has 0 fully saturated rings. The van der Waals surface area contributed by atoms with Crippen molar-refractivity contribution in [1.82, 2.24) is 8.87 Å². The maximum atomic E-state index is 14.2. The van der Waals surface area contributed by atoms with Crippen LogP contribution in [0, 0.1) is 6.92 Å². The molecule has 0 amide bonds. The Hall–Kier alpha value is -3.06. The Bertz CT molecular complexity index is 1430. The van der Waals surface area contributed by atoms with E-state index in [0.717, 1.165) is 28.1 Å².